The molecule has 7 heteroatoms. The van der Waals surface area contributed by atoms with E-state index < -0.39 is 15.6 Å². The lowest BCUT2D eigenvalue weighted by Gasteiger charge is -2.29. The van der Waals surface area contributed by atoms with Crippen LogP contribution in [-0.4, -0.2) is 50.9 Å². The Labute approximate surface area is 123 Å². The number of hydrogen-bond donors (Lipinski definition) is 1. The smallest absolute Gasteiger partial charge is 0.237 e. The van der Waals surface area contributed by atoms with E-state index in [4.69, 9.17) is 5.73 Å². The second kappa shape index (κ2) is 8.07. The van der Waals surface area contributed by atoms with E-state index in [-0.39, 0.29) is 35.4 Å². The molecule has 0 fully saturated rings. The zero-order valence-corrected chi connectivity index (χ0v) is 14.1. The zero-order valence-electron chi connectivity index (χ0n) is 12.5. The van der Waals surface area contributed by atoms with Gasteiger partial charge in [-0.15, -0.1) is 12.4 Å². The van der Waals surface area contributed by atoms with Crippen molar-refractivity contribution in [2.45, 2.75) is 27.7 Å². The van der Waals surface area contributed by atoms with Gasteiger partial charge in [0.2, 0.25) is 5.91 Å². The molecule has 0 heterocycles. The van der Waals surface area contributed by atoms with E-state index >= 15 is 0 Å². The van der Waals surface area contributed by atoms with Crippen molar-refractivity contribution in [3.05, 3.63) is 0 Å². The Bertz CT molecular complexity index is 380. The summed E-state index contributed by atoms with van der Waals surface area (Å²) in [5.74, 6) is -0.694. The third-order valence-electron chi connectivity index (χ3n) is 2.57. The maximum atomic E-state index is 11.8. The topological polar surface area (TPSA) is 80.5 Å². The normalized spacial score (nSPS) is 12.2. The van der Waals surface area contributed by atoms with Crippen molar-refractivity contribution in [1.29, 1.82) is 0 Å². The van der Waals surface area contributed by atoms with Gasteiger partial charge in [-0.3, -0.25) is 4.79 Å². The summed E-state index contributed by atoms with van der Waals surface area (Å²) in [5, 5.41) is 0. The van der Waals surface area contributed by atoms with Crippen LogP contribution in [0.1, 0.15) is 27.7 Å². The van der Waals surface area contributed by atoms with Crippen molar-refractivity contribution in [2.24, 2.45) is 17.1 Å². The van der Waals surface area contributed by atoms with E-state index in [1.807, 2.05) is 27.7 Å². The molecule has 0 aliphatic carbocycles. The highest BCUT2D eigenvalue weighted by atomic mass is 35.5. The fourth-order valence-electron chi connectivity index (χ4n) is 1.66. The molecule has 0 bridgehead atoms. The molecular weight excluding hydrogens is 288 g/mol. The summed E-state index contributed by atoms with van der Waals surface area (Å²) in [6, 6.07) is 0. The van der Waals surface area contributed by atoms with Crippen LogP contribution < -0.4 is 5.73 Å². The Morgan fingerprint density at radius 2 is 1.79 bits per heavy atom. The maximum absolute atomic E-state index is 11.8. The fourth-order valence-corrected chi connectivity index (χ4v) is 3.39. The Kier molecular flexibility index (Phi) is 8.91. The molecule has 0 rings (SSSR count). The molecule has 19 heavy (non-hydrogen) atoms. The first-order valence-electron chi connectivity index (χ1n) is 6.13. The van der Waals surface area contributed by atoms with E-state index in [1.165, 1.54) is 4.90 Å². The summed E-state index contributed by atoms with van der Waals surface area (Å²) < 4.78 is 23.4. The van der Waals surface area contributed by atoms with E-state index in [1.54, 1.807) is 7.05 Å². The molecule has 1 amide bonds. The highest BCUT2D eigenvalue weighted by Crippen LogP contribution is 2.14. The van der Waals surface area contributed by atoms with Crippen LogP contribution in [0.2, 0.25) is 0 Å². The maximum Gasteiger partial charge on any atom is 0.237 e. The van der Waals surface area contributed by atoms with Crippen molar-refractivity contribution < 1.29 is 13.2 Å². The predicted octanol–water partition coefficient (Wildman–Crippen LogP) is 0.922. The van der Waals surface area contributed by atoms with Crippen LogP contribution in [0.25, 0.3) is 0 Å². The molecule has 0 aliphatic rings. The van der Waals surface area contributed by atoms with Gasteiger partial charge in [-0.05, 0) is 17.9 Å². The van der Waals surface area contributed by atoms with Crippen LogP contribution in [0.3, 0.4) is 0 Å². The number of sulfone groups is 1. The van der Waals surface area contributed by atoms with Crippen molar-refractivity contribution in [2.75, 3.05) is 31.6 Å². The van der Waals surface area contributed by atoms with Crippen LogP contribution >= 0.6 is 12.4 Å². The van der Waals surface area contributed by atoms with Crippen LogP contribution in [0.4, 0.5) is 0 Å². The van der Waals surface area contributed by atoms with Crippen molar-refractivity contribution in [1.82, 2.24) is 4.90 Å². The Balaban J connectivity index is 0. The third-order valence-corrected chi connectivity index (χ3v) is 4.44. The van der Waals surface area contributed by atoms with E-state index in [9.17, 15) is 13.2 Å². The molecule has 116 valence electrons. The van der Waals surface area contributed by atoms with Gasteiger partial charge in [0.15, 0.2) is 9.84 Å². The molecule has 0 radical (unpaired) electrons. The van der Waals surface area contributed by atoms with Gasteiger partial charge in [-0.1, -0.05) is 27.7 Å². The van der Waals surface area contributed by atoms with Gasteiger partial charge < -0.3 is 10.6 Å². The van der Waals surface area contributed by atoms with Crippen LogP contribution in [0, 0.1) is 11.3 Å². The summed E-state index contributed by atoms with van der Waals surface area (Å²) in [5.41, 5.74) is 5.39. The van der Waals surface area contributed by atoms with Crippen LogP contribution in [0.5, 0.6) is 0 Å². The summed E-state index contributed by atoms with van der Waals surface area (Å²) in [6.07, 6.45) is 0. The summed E-state index contributed by atoms with van der Waals surface area (Å²) in [6.45, 7) is 8.44. The highest BCUT2D eigenvalue weighted by molar-refractivity contribution is 7.92. The first-order chi connectivity index (χ1) is 7.99. The molecule has 0 aromatic rings. The van der Waals surface area contributed by atoms with E-state index in [0.717, 1.165) is 0 Å². The van der Waals surface area contributed by atoms with Gasteiger partial charge in [0, 0.05) is 13.6 Å². The monoisotopic (exact) mass is 314 g/mol. The summed E-state index contributed by atoms with van der Waals surface area (Å²) in [4.78, 5) is 13.3. The Hall–Kier alpha value is -0.330. The molecule has 5 nitrogen and oxygen atoms in total. The summed E-state index contributed by atoms with van der Waals surface area (Å²) in [7, 11) is -1.69. The van der Waals surface area contributed by atoms with Crippen molar-refractivity contribution >= 4 is 28.2 Å². The van der Waals surface area contributed by atoms with Crippen LogP contribution in [0.15, 0.2) is 0 Å². The standard InChI is InChI=1S/C12H26N2O3S.ClH/c1-10(2)6-18(16,17)7-11(15)14(5)9-12(3,4)8-13;/h10H,6-9,13H2,1-5H3;1H. The number of amides is 1. The molecule has 0 saturated heterocycles. The van der Waals surface area contributed by atoms with E-state index in [2.05, 4.69) is 0 Å². The minimum Gasteiger partial charge on any atom is -0.344 e. The second-order valence-electron chi connectivity index (χ2n) is 6.07. The average Bonchev–Trinajstić information content (AvgIpc) is 2.13. The van der Waals surface area contributed by atoms with Crippen LogP contribution in [-0.2, 0) is 14.6 Å². The van der Waals surface area contributed by atoms with Gasteiger partial charge in [-0.25, -0.2) is 8.42 Å². The number of halogens is 1. The zero-order chi connectivity index (χ0) is 14.6. The van der Waals surface area contributed by atoms with Gasteiger partial charge >= 0.3 is 0 Å². The van der Waals surface area contributed by atoms with Gasteiger partial charge in [0.05, 0.1) is 5.75 Å². The highest BCUT2D eigenvalue weighted by Gasteiger charge is 2.25. The Morgan fingerprint density at radius 3 is 2.16 bits per heavy atom. The van der Waals surface area contributed by atoms with E-state index in [0.29, 0.717) is 13.1 Å². The largest absolute Gasteiger partial charge is 0.344 e. The molecule has 0 atom stereocenters. The molecule has 0 aromatic heterocycles. The molecule has 0 unspecified atom stereocenters. The van der Waals surface area contributed by atoms with Gasteiger partial charge in [-0.2, -0.15) is 0 Å². The number of rotatable bonds is 7. The first kappa shape index (κ1) is 21.0. The fraction of sp³-hybridized carbons (Fsp3) is 0.917. The lowest BCUT2D eigenvalue weighted by molar-refractivity contribution is -0.128. The lowest BCUT2D eigenvalue weighted by atomic mass is 9.93. The number of carbonyl (C=O) groups is 1. The van der Waals surface area contributed by atoms with Crippen molar-refractivity contribution in [3.63, 3.8) is 0 Å². The number of nitrogens with zero attached hydrogens (tertiary/aromatic N) is 1. The predicted molar refractivity (Wildman–Crippen MR) is 81.2 cm³/mol. The molecular formula is C12H27ClN2O3S. The minimum atomic E-state index is -3.31. The third kappa shape index (κ3) is 9.24. The average molecular weight is 315 g/mol. The quantitative estimate of drug-likeness (QED) is 0.758. The Morgan fingerprint density at radius 1 is 1.32 bits per heavy atom. The molecule has 2 N–H and O–H groups in total. The molecule has 0 saturated carbocycles. The molecule has 0 aliphatic heterocycles. The molecule has 0 spiro atoms. The minimum absolute atomic E-state index is 0. The SMILES string of the molecule is CC(C)CS(=O)(=O)CC(=O)N(C)CC(C)(C)CN.Cl. The molecule has 0 aromatic carbocycles. The van der Waals surface area contributed by atoms with Gasteiger partial charge in [0.1, 0.15) is 5.75 Å². The number of hydrogen-bond acceptors (Lipinski definition) is 4. The second-order valence-corrected chi connectivity index (χ2v) is 8.18. The lowest BCUT2D eigenvalue weighted by Crippen LogP contribution is -2.42. The summed E-state index contributed by atoms with van der Waals surface area (Å²) >= 11 is 0. The number of nitrogens with two attached hydrogens (primary N) is 1. The number of carbonyl (C=O) groups excluding carboxylic acids is 1. The van der Waals surface area contributed by atoms with Crippen molar-refractivity contribution in [3.8, 4) is 0 Å². The first-order valence-corrected chi connectivity index (χ1v) is 7.96. The van der Waals surface area contributed by atoms with Gasteiger partial charge in [0.25, 0.3) is 0 Å².